The highest BCUT2D eigenvalue weighted by Crippen LogP contribution is 2.24. The zero-order valence-corrected chi connectivity index (χ0v) is 16.7. The lowest BCUT2D eigenvalue weighted by Crippen LogP contribution is -2.44. The zero-order valence-electron chi connectivity index (χ0n) is 16.7. The summed E-state index contributed by atoms with van der Waals surface area (Å²) >= 11 is 0. The van der Waals surface area contributed by atoms with Crippen LogP contribution in [0.15, 0.2) is 66.4 Å². The Morgan fingerprint density at radius 2 is 1.79 bits per heavy atom. The van der Waals surface area contributed by atoms with Gasteiger partial charge in [-0.05, 0) is 36.3 Å². The summed E-state index contributed by atoms with van der Waals surface area (Å²) in [6.07, 6.45) is 1.41. The minimum Gasteiger partial charge on any atom is -0.497 e. The number of esters is 1. The largest absolute Gasteiger partial charge is 0.497 e. The van der Waals surface area contributed by atoms with Crippen LogP contribution in [-0.4, -0.2) is 36.6 Å². The smallest absolute Gasteiger partial charge is 0.354 e. The molecule has 1 heterocycles. The Hall–Kier alpha value is -3.12. The van der Waals surface area contributed by atoms with Gasteiger partial charge in [-0.1, -0.05) is 42.5 Å². The van der Waals surface area contributed by atoms with Gasteiger partial charge in [0.05, 0.1) is 26.9 Å². The fraction of sp³-hybridized carbons (Fsp3) is 0.304. The third kappa shape index (κ3) is 5.23. The van der Waals surface area contributed by atoms with E-state index in [0.717, 1.165) is 16.9 Å². The van der Waals surface area contributed by atoms with E-state index in [1.165, 1.54) is 4.90 Å². The second kappa shape index (κ2) is 9.89. The molecule has 0 aliphatic carbocycles. The van der Waals surface area contributed by atoms with E-state index >= 15 is 0 Å². The number of amides is 1. The Balaban J connectivity index is 1.77. The Morgan fingerprint density at radius 1 is 1.07 bits per heavy atom. The average Bonchev–Trinajstić information content (AvgIpc) is 2.75. The molecule has 0 spiro atoms. The number of carbonyl (C=O) groups excluding carboxylic acids is 2. The normalized spacial score (nSPS) is 16.3. The molecule has 6 nitrogen and oxygen atoms in total. The van der Waals surface area contributed by atoms with Gasteiger partial charge in [0.2, 0.25) is 0 Å². The topological polar surface area (TPSA) is 65.1 Å². The summed E-state index contributed by atoms with van der Waals surface area (Å²) in [4.78, 5) is 26.9. The van der Waals surface area contributed by atoms with Crippen LogP contribution in [0.3, 0.4) is 0 Å². The van der Waals surface area contributed by atoms with Crippen molar-refractivity contribution in [1.29, 1.82) is 0 Å². The van der Waals surface area contributed by atoms with Crippen LogP contribution in [0.25, 0.3) is 0 Å². The molecule has 152 valence electrons. The van der Waals surface area contributed by atoms with E-state index in [0.29, 0.717) is 13.0 Å². The van der Waals surface area contributed by atoms with E-state index in [1.807, 2.05) is 54.6 Å². The van der Waals surface area contributed by atoms with E-state index in [9.17, 15) is 9.59 Å². The van der Waals surface area contributed by atoms with Crippen molar-refractivity contribution in [3.05, 3.63) is 77.5 Å². The van der Waals surface area contributed by atoms with Crippen LogP contribution in [0.5, 0.6) is 5.75 Å². The third-order valence-electron chi connectivity index (χ3n) is 4.64. The van der Waals surface area contributed by atoms with E-state index in [1.54, 1.807) is 20.1 Å². The summed E-state index contributed by atoms with van der Waals surface area (Å²) in [6.45, 7) is 2.56. The molecule has 0 aromatic heterocycles. The molecule has 3 rings (SSSR count). The second-order valence-electron chi connectivity index (χ2n) is 6.60. The maximum atomic E-state index is 13.1. The molecule has 6 heteroatoms. The first-order valence-electron chi connectivity index (χ1n) is 9.59. The van der Waals surface area contributed by atoms with Crippen LogP contribution in [0, 0.1) is 0 Å². The van der Waals surface area contributed by atoms with E-state index in [-0.39, 0.29) is 24.8 Å². The fourth-order valence-corrected chi connectivity index (χ4v) is 3.11. The van der Waals surface area contributed by atoms with Crippen LogP contribution >= 0.6 is 0 Å². The number of benzene rings is 2. The molecule has 0 fully saturated rings. The van der Waals surface area contributed by atoms with E-state index < -0.39 is 12.1 Å². The minimum absolute atomic E-state index is 0.245. The number of hydrogen-bond acceptors (Lipinski definition) is 5. The highest BCUT2D eigenvalue weighted by molar-refractivity contribution is 5.96. The Kier molecular flexibility index (Phi) is 7.03. The van der Waals surface area contributed by atoms with Crippen molar-refractivity contribution < 1.29 is 23.8 Å². The minimum atomic E-state index is -0.647. The number of carbonyl (C=O) groups is 2. The molecule has 0 saturated carbocycles. The number of ether oxygens (including phenoxy) is 3. The predicted molar refractivity (Wildman–Crippen MR) is 108 cm³/mol. The van der Waals surface area contributed by atoms with Gasteiger partial charge >= 0.3 is 5.97 Å². The molecular weight excluding hydrogens is 370 g/mol. The summed E-state index contributed by atoms with van der Waals surface area (Å²) in [6, 6.07) is 17.0. The molecule has 0 saturated heterocycles. The molecule has 2 aromatic rings. The van der Waals surface area contributed by atoms with E-state index in [4.69, 9.17) is 14.2 Å². The van der Waals surface area contributed by atoms with Gasteiger partial charge in [-0.15, -0.1) is 0 Å². The average molecular weight is 395 g/mol. The van der Waals surface area contributed by atoms with Crippen LogP contribution in [-0.2, 0) is 32.2 Å². The molecular formula is C23H25NO5. The van der Waals surface area contributed by atoms with Gasteiger partial charge in [0.1, 0.15) is 17.6 Å². The second-order valence-corrected chi connectivity index (χ2v) is 6.60. The van der Waals surface area contributed by atoms with Gasteiger partial charge < -0.3 is 14.2 Å². The summed E-state index contributed by atoms with van der Waals surface area (Å²) in [7, 11) is 1.60. The van der Waals surface area contributed by atoms with Gasteiger partial charge in [-0.2, -0.15) is 0 Å². The molecule has 0 radical (unpaired) electrons. The first-order valence-corrected chi connectivity index (χ1v) is 9.59. The van der Waals surface area contributed by atoms with Crippen LogP contribution in [0.2, 0.25) is 0 Å². The highest BCUT2D eigenvalue weighted by Gasteiger charge is 2.34. The lowest BCUT2D eigenvalue weighted by Gasteiger charge is -2.32. The fourth-order valence-electron chi connectivity index (χ4n) is 3.11. The van der Waals surface area contributed by atoms with E-state index in [2.05, 4.69) is 0 Å². The molecule has 1 aliphatic rings. The SMILES string of the molecule is CCOC(=O)C1=CC[C@H](OCc2ccccc2)C(=O)N1Cc1ccc(OC)cc1. The molecule has 2 aromatic carbocycles. The van der Waals surface area contributed by atoms with Crippen molar-refractivity contribution in [3.63, 3.8) is 0 Å². The van der Waals surface area contributed by atoms with Crippen LogP contribution in [0.4, 0.5) is 0 Å². The maximum Gasteiger partial charge on any atom is 0.354 e. The van der Waals surface area contributed by atoms with Crippen molar-refractivity contribution in [1.82, 2.24) is 4.90 Å². The van der Waals surface area contributed by atoms with Gasteiger partial charge in [0, 0.05) is 6.42 Å². The summed E-state index contributed by atoms with van der Waals surface area (Å²) < 4.78 is 16.2. The third-order valence-corrected chi connectivity index (χ3v) is 4.64. The quantitative estimate of drug-likeness (QED) is 0.641. The standard InChI is InChI=1S/C23H25NO5/c1-3-28-23(26)20-13-14-21(29-16-18-7-5-4-6-8-18)22(25)24(20)15-17-9-11-19(27-2)12-10-17/h4-13,21H,3,14-16H2,1-2H3/t21-/m0/s1. The molecule has 1 atom stereocenters. The van der Waals surface area contributed by atoms with Gasteiger partial charge in [-0.25, -0.2) is 4.79 Å². The Morgan fingerprint density at radius 3 is 2.45 bits per heavy atom. The van der Waals surface area contributed by atoms with Gasteiger partial charge in [0.15, 0.2) is 0 Å². The molecule has 0 bridgehead atoms. The van der Waals surface area contributed by atoms with Gasteiger partial charge in [-0.3, -0.25) is 9.69 Å². The summed E-state index contributed by atoms with van der Waals surface area (Å²) in [5.74, 6) is -0.0258. The van der Waals surface area contributed by atoms with Crippen molar-refractivity contribution in [3.8, 4) is 5.75 Å². The van der Waals surface area contributed by atoms with Crippen LogP contribution < -0.4 is 4.74 Å². The molecule has 29 heavy (non-hydrogen) atoms. The van der Waals surface area contributed by atoms with Crippen molar-refractivity contribution in [2.24, 2.45) is 0 Å². The lowest BCUT2D eigenvalue weighted by atomic mass is 10.1. The number of rotatable bonds is 8. The Bertz CT molecular complexity index is 861. The first-order chi connectivity index (χ1) is 14.1. The highest BCUT2D eigenvalue weighted by atomic mass is 16.5. The Labute approximate surface area is 170 Å². The molecule has 0 N–H and O–H groups in total. The number of hydrogen-bond donors (Lipinski definition) is 0. The van der Waals surface area contributed by atoms with Crippen molar-refractivity contribution >= 4 is 11.9 Å². The van der Waals surface area contributed by atoms with Crippen LogP contribution in [0.1, 0.15) is 24.5 Å². The number of methoxy groups -OCH3 is 1. The number of nitrogens with zero attached hydrogens (tertiary/aromatic N) is 1. The zero-order chi connectivity index (χ0) is 20.6. The monoisotopic (exact) mass is 395 g/mol. The summed E-state index contributed by atoms with van der Waals surface area (Å²) in [5.41, 5.74) is 2.12. The van der Waals surface area contributed by atoms with Gasteiger partial charge in [0.25, 0.3) is 5.91 Å². The predicted octanol–water partition coefficient (Wildman–Crippen LogP) is 3.46. The van der Waals surface area contributed by atoms with Crippen molar-refractivity contribution in [2.75, 3.05) is 13.7 Å². The summed E-state index contributed by atoms with van der Waals surface area (Å²) in [5, 5.41) is 0. The maximum absolute atomic E-state index is 13.1. The molecule has 0 unspecified atom stereocenters. The molecule has 1 aliphatic heterocycles. The lowest BCUT2D eigenvalue weighted by molar-refractivity contribution is -0.151. The first kappa shape index (κ1) is 20.6. The van der Waals surface area contributed by atoms with Crippen molar-refractivity contribution in [2.45, 2.75) is 32.6 Å². The molecule has 1 amide bonds.